The van der Waals surface area contributed by atoms with Gasteiger partial charge in [0.25, 0.3) is 0 Å². The van der Waals surface area contributed by atoms with E-state index in [0.29, 0.717) is 0 Å². The summed E-state index contributed by atoms with van der Waals surface area (Å²) >= 11 is 0. The van der Waals surface area contributed by atoms with E-state index in [0.717, 1.165) is 0 Å². The van der Waals surface area contributed by atoms with Crippen LogP contribution in [0.25, 0.3) is 43.1 Å². The van der Waals surface area contributed by atoms with E-state index < -0.39 is 0 Å². The summed E-state index contributed by atoms with van der Waals surface area (Å²) in [4.78, 5) is 0. The largest absolute Gasteiger partial charge is 0.344 e. The average molecular weight is 318 g/mol. The molecule has 0 saturated carbocycles. The molecule has 0 amide bonds. The Labute approximate surface area is 163 Å². The Morgan fingerprint density at radius 3 is 0.792 bits per heavy atom. The Balaban J connectivity index is 0.000000845. The maximum Gasteiger partial charge on any atom is 0 e. The first kappa shape index (κ1) is 16.9. The Morgan fingerprint density at radius 2 is 0.542 bits per heavy atom. The molecule has 0 unspecified atom stereocenters. The first-order chi connectivity index (χ1) is 10.9. The summed E-state index contributed by atoms with van der Waals surface area (Å²) in [5.41, 5.74) is 0. The molecule has 5 rings (SSSR count). The first-order valence-corrected chi connectivity index (χ1v) is 7.62. The van der Waals surface area contributed by atoms with Crippen LogP contribution in [-0.2, 0) is 0 Å². The van der Waals surface area contributed by atoms with E-state index >= 15 is 0 Å². The molecular weight excluding hydrogens is 301 g/mol. The number of hydrogen-bond donors (Lipinski definition) is 1. The third-order valence-electron chi connectivity index (χ3n) is 4.52. The molecule has 2 heteroatoms. The van der Waals surface area contributed by atoms with E-state index in [9.17, 15) is 0 Å². The minimum absolute atomic E-state index is 0. The zero-order valence-electron chi connectivity index (χ0n) is 13.8. The minimum atomic E-state index is 0. The van der Waals surface area contributed by atoms with Crippen molar-refractivity contribution in [3.05, 3.63) is 84.9 Å². The quantitative estimate of drug-likeness (QED) is 0.272. The summed E-state index contributed by atoms with van der Waals surface area (Å²) in [6, 6.07) is 30.9. The molecule has 24 heavy (non-hydrogen) atoms. The zero-order valence-corrected chi connectivity index (χ0v) is 15.8. The predicted molar refractivity (Wildman–Crippen MR) is 107 cm³/mol. The summed E-state index contributed by atoms with van der Waals surface area (Å²) in [6.45, 7) is 0. The molecule has 0 bridgehead atoms. The Morgan fingerprint density at radius 1 is 0.333 bits per heavy atom. The van der Waals surface area contributed by atoms with Crippen molar-refractivity contribution in [2.24, 2.45) is 0 Å². The van der Waals surface area contributed by atoms with Crippen molar-refractivity contribution in [2.75, 3.05) is 0 Å². The van der Waals surface area contributed by atoms with Gasteiger partial charge in [0.1, 0.15) is 0 Å². The zero-order chi connectivity index (χ0) is 14.5. The fourth-order valence-electron chi connectivity index (χ4n) is 3.39. The number of hydrogen-bond acceptors (Lipinski definition) is 1. The van der Waals surface area contributed by atoms with Crippen molar-refractivity contribution in [1.29, 1.82) is 0 Å². The molecule has 0 aromatic heterocycles. The van der Waals surface area contributed by atoms with Gasteiger partial charge in [-0.15, -0.1) is 0 Å². The smallest absolute Gasteiger partial charge is 0 e. The molecule has 0 aliphatic heterocycles. The van der Waals surface area contributed by atoms with E-state index in [4.69, 9.17) is 0 Å². The van der Waals surface area contributed by atoms with Gasteiger partial charge in [0.05, 0.1) is 0 Å². The second kappa shape index (κ2) is 6.54. The van der Waals surface area contributed by atoms with Crippen molar-refractivity contribution >= 4 is 72.6 Å². The molecule has 0 saturated heterocycles. The SMILES string of the molecule is N.[Na].c1ccc2cc3cc4cc5ccccc5cc4cc3cc2c1. The van der Waals surface area contributed by atoms with E-state index in [2.05, 4.69) is 84.9 Å². The summed E-state index contributed by atoms with van der Waals surface area (Å²) in [6.07, 6.45) is 0. The summed E-state index contributed by atoms with van der Waals surface area (Å²) in [5, 5.41) is 10.4. The van der Waals surface area contributed by atoms with Crippen LogP contribution in [0.3, 0.4) is 0 Å². The summed E-state index contributed by atoms with van der Waals surface area (Å²) in [5.74, 6) is 0. The molecular formula is C22H17NNa. The molecule has 0 fully saturated rings. The maximum atomic E-state index is 2.31. The second-order valence-corrected chi connectivity index (χ2v) is 5.95. The van der Waals surface area contributed by atoms with Crippen LogP contribution in [0, 0.1) is 0 Å². The van der Waals surface area contributed by atoms with Crippen molar-refractivity contribution in [2.45, 2.75) is 0 Å². The standard InChI is InChI=1S/C22H14.H3N.Na/c1-2-6-16-10-20-14-22-12-18-8-4-3-7-17(18)11-21(22)13-19(20)9-15(16)5-1;;/h1-14H;1H3;. The van der Waals surface area contributed by atoms with Crippen LogP contribution < -0.4 is 6.15 Å². The third kappa shape index (κ3) is 2.70. The number of benzene rings is 5. The van der Waals surface area contributed by atoms with Gasteiger partial charge < -0.3 is 6.15 Å². The van der Waals surface area contributed by atoms with Gasteiger partial charge in [-0.05, 0) is 79.5 Å². The normalized spacial score (nSPS) is 10.7. The van der Waals surface area contributed by atoms with Gasteiger partial charge >= 0.3 is 0 Å². The predicted octanol–water partition coefficient (Wildman–Crippen LogP) is 6.08. The Hall–Kier alpha value is -1.90. The number of fused-ring (bicyclic) bond motifs is 4. The third-order valence-corrected chi connectivity index (χ3v) is 4.52. The number of rotatable bonds is 0. The average Bonchev–Trinajstić information content (AvgIpc) is 2.56. The van der Waals surface area contributed by atoms with Gasteiger partial charge in [0.2, 0.25) is 0 Å². The Kier molecular flexibility index (Phi) is 4.62. The molecule has 3 N–H and O–H groups in total. The molecule has 5 aromatic carbocycles. The molecule has 5 aromatic rings. The molecule has 0 heterocycles. The van der Waals surface area contributed by atoms with Crippen LogP contribution in [0.5, 0.6) is 0 Å². The summed E-state index contributed by atoms with van der Waals surface area (Å²) < 4.78 is 0. The molecule has 1 nitrogen and oxygen atoms in total. The van der Waals surface area contributed by atoms with E-state index in [1.54, 1.807) is 0 Å². The van der Waals surface area contributed by atoms with E-state index in [1.807, 2.05) is 0 Å². The molecule has 0 atom stereocenters. The topological polar surface area (TPSA) is 35.0 Å². The van der Waals surface area contributed by atoms with E-state index in [-0.39, 0.29) is 35.7 Å². The van der Waals surface area contributed by atoms with Crippen LogP contribution in [0.15, 0.2) is 84.9 Å². The maximum absolute atomic E-state index is 2.31. The first-order valence-electron chi connectivity index (χ1n) is 7.62. The second-order valence-electron chi connectivity index (χ2n) is 5.95. The van der Waals surface area contributed by atoms with Crippen molar-refractivity contribution < 1.29 is 0 Å². The van der Waals surface area contributed by atoms with Gasteiger partial charge in [-0.2, -0.15) is 0 Å². The van der Waals surface area contributed by atoms with Crippen LogP contribution in [0.4, 0.5) is 0 Å². The van der Waals surface area contributed by atoms with Crippen LogP contribution in [-0.4, -0.2) is 29.6 Å². The van der Waals surface area contributed by atoms with Gasteiger partial charge in [-0.25, -0.2) is 0 Å². The molecule has 1 radical (unpaired) electrons. The Bertz CT molecular complexity index is 994. The van der Waals surface area contributed by atoms with Crippen LogP contribution in [0.1, 0.15) is 0 Å². The van der Waals surface area contributed by atoms with Crippen LogP contribution >= 0.6 is 0 Å². The van der Waals surface area contributed by atoms with Crippen molar-refractivity contribution in [3.8, 4) is 0 Å². The monoisotopic (exact) mass is 318 g/mol. The fraction of sp³-hybridized carbons (Fsp3) is 0. The minimum Gasteiger partial charge on any atom is -0.344 e. The molecule has 111 valence electrons. The van der Waals surface area contributed by atoms with E-state index in [1.165, 1.54) is 43.1 Å². The molecule has 0 spiro atoms. The van der Waals surface area contributed by atoms with Crippen LogP contribution in [0.2, 0.25) is 0 Å². The molecule has 0 aliphatic carbocycles. The van der Waals surface area contributed by atoms with Gasteiger partial charge in [-0.3, -0.25) is 0 Å². The summed E-state index contributed by atoms with van der Waals surface area (Å²) in [7, 11) is 0. The van der Waals surface area contributed by atoms with Gasteiger partial charge in [-0.1, -0.05) is 48.5 Å². The van der Waals surface area contributed by atoms with Gasteiger partial charge in [0.15, 0.2) is 0 Å². The van der Waals surface area contributed by atoms with Crippen molar-refractivity contribution in [3.63, 3.8) is 0 Å². The molecule has 0 aliphatic rings. The van der Waals surface area contributed by atoms with Gasteiger partial charge in [0, 0.05) is 29.6 Å². The fourth-order valence-corrected chi connectivity index (χ4v) is 3.39. The van der Waals surface area contributed by atoms with Crippen molar-refractivity contribution in [1.82, 2.24) is 6.15 Å².